The summed E-state index contributed by atoms with van der Waals surface area (Å²) in [5.74, 6) is -0.00426. The van der Waals surface area contributed by atoms with Crippen LogP contribution in [0.2, 0.25) is 0 Å². The molecule has 1 N–H and O–H groups in total. The predicted octanol–water partition coefficient (Wildman–Crippen LogP) is 3.82. The maximum Gasteiger partial charge on any atom is 0.265 e. The summed E-state index contributed by atoms with van der Waals surface area (Å²) in [5, 5.41) is 4.12. The molecule has 0 spiro atoms. The van der Waals surface area contributed by atoms with Gasteiger partial charge in [-0.2, -0.15) is 0 Å². The molecule has 2 aromatic rings. The lowest BCUT2D eigenvalue weighted by Crippen LogP contribution is -2.21. The third-order valence-electron chi connectivity index (χ3n) is 3.31. The Bertz CT molecular complexity index is 666. The maximum absolute atomic E-state index is 12.1. The van der Waals surface area contributed by atoms with Crippen LogP contribution in [0.3, 0.4) is 0 Å². The first-order valence-corrected chi connectivity index (χ1v) is 7.65. The Balaban J connectivity index is 2.34. The summed E-state index contributed by atoms with van der Waals surface area (Å²) in [5.41, 5.74) is 5.44. The van der Waals surface area contributed by atoms with Crippen LogP contribution in [0.4, 0.5) is 10.8 Å². The van der Waals surface area contributed by atoms with Crippen LogP contribution in [0.25, 0.3) is 0 Å². The predicted molar refractivity (Wildman–Crippen MR) is 88.8 cm³/mol. The zero-order valence-electron chi connectivity index (χ0n) is 13.4. The molecule has 0 aliphatic heterocycles. The van der Waals surface area contributed by atoms with Gasteiger partial charge in [-0.1, -0.05) is 29.0 Å². The normalized spacial score (nSPS) is 10.6. The van der Waals surface area contributed by atoms with Gasteiger partial charge in [-0.05, 0) is 38.8 Å². The van der Waals surface area contributed by atoms with Crippen molar-refractivity contribution in [2.45, 2.75) is 27.7 Å². The van der Waals surface area contributed by atoms with Gasteiger partial charge in [0.25, 0.3) is 5.91 Å². The van der Waals surface area contributed by atoms with Gasteiger partial charge in [-0.25, -0.2) is 4.98 Å². The third kappa shape index (κ3) is 3.24. The quantitative estimate of drug-likeness (QED) is 0.937. The number of nitrogens with one attached hydrogen (secondary N) is 1. The minimum absolute atomic E-state index is 0.00426. The van der Waals surface area contributed by atoms with E-state index in [-0.39, 0.29) is 5.91 Å². The summed E-state index contributed by atoms with van der Waals surface area (Å²) >= 11 is 1.40. The fourth-order valence-corrected chi connectivity index (χ4v) is 3.33. The number of carbonyl (C=O) groups is 1. The number of hydrogen-bond acceptors (Lipinski definition) is 4. The van der Waals surface area contributed by atoms with Crippen molar-refractivity contribution in [3.8, 4) is 0 Å². The SMILES string of the molecule is Cc1cc(C)c(Nc2nc(C)c(C(=O)N(C)C)s2)c(C)c1. The van der Waals surface area contributed by atoms with E-state index in [1.54, 1.807) is 19.0 Å². The van der Waals surface area contributed by atoms with Crippen molar-refractivity contribution in [2.24, 2.45) is 0 Å². The van der Waals surface area contributed by atoms with Crippen molar-refractivity contribution in [3.05, 3.63) is 39.4 Å². The highest BCUT2D eigenvalue weighted by molar-refractivity contribution is 7.17. The van der Waals surface area contributed by atoms with E-state index < -0.39 is 0 Å². The Hall–Kier alpha value is -1.88. The van der Waals surface area contributed by atoms with Crippen LogP contribution < -0.4 is 5.32 Å². The van der Waals surface area contributed by atoms with Crippen molar-refractivity contribution < 1.29 is 4.79 Å². The number of amides is 1. The molecular formula is C16H21N3OS. The largest absolute Gasteiger partial charge is 0.344 e. The molecule has 21 heavy (non-hydrogen) atoms. The minimum atomic E-state index is -0.00426. The molecule has 1 aromatic heterocycles. The van der Waals surface area contributed by atoms with Crippen LogP contribution in [0, 0.1) is 27.7 Å². The highest BCUT2D eigenvalue weighted by atomic mass is 32.1. The molecule has 4 nitrogen and oxygen atoms in total. The number of aromatic nitrogens is 1. The molecule has 1 amide bonds. The standard InChI is InChI=1S/C16H21N3OS/c1-9-7-10(2)13(11(3)8-9)18-16-17-12(4)14(21-16)15(20)19(5)6/h7-8H,1-6H3,(H,17,18). The maximum atomic E-state index is 12.1. The Morgan fingerprint density at radius 1 is 1.14 bits per heavy atom. The Labute approximate surface area is 129 Å². The Morgan fingerprint density at radius 3 is 2.24 bits per heavy atom. The first kappa shape index (κ1) is 15.5. The van der Waals surface area contributed by atoms with E-state index in [9.17, 15) is 4.79 Å². The first-order chi connectivity index (χ1) is 9.79. The smallest absolute Gasteiger partial charge is 0.265 e. The number of carbonyl (C=O) groups excluding carboxylic acids is 1. The molecule has 0 fully saturated rings. The van der Waals surface area contributed by atoms with Gasteiger partial charge in [0.05, 0.1) is 5.69 Å². The Kier molecular flexibility index (Phi) is 4.32. The first-order valence-electron chi connectivity index (χ1n) is 6.83. The monoisotopic (exact) mass is 303 g/mol. The van der Waals surface area contributed by atoms with E-state index in [0.717, 1.165) is 16.5 Å². The van der Waals surface area contributed by atoms with Crippen molar-refractivity contribution in [2.75, 3.05) is 19.4 Å². The topological polar surface area (TPSA) is 45.2 Å². The van der Waals surface area contributed by atoms with E-state index in [2.05, 4.69) is 43.2 Å². The third-order valence-corrected chi connectivity index (χ3v) is 4.37. The average molecular weight is 303 g/mol. The van der Waals surface area contributed by atoms with Crippen LogP contribution in [0.15, 0.2) is 12.1 Å². The number of benzene rings is 1. The van der Waals surface area contributed by atoms with Crippen LogP contribution in [0.5, 0.6) is 0 Å². The average Bonchev–Trinajstić information content (AvgIpc) is 2.73. The molecule has 0 radical (unpaired) electrons. The summed E-state index contributed by atoms with van der Waals surface area (Å²) in [7, 11) is 3.51. The van der Waals surface area contributed by atoms with Gasteiger partial charge in [0.1, 0.15) is 4.88 Å². The molecule has 0 saturated carbocycles. The van der Waals surface area contributed by atoms with Crippen LogP contribution in [-0.4, -0.2) is 29.9 Å². The molecule has 0 bridgehead atoms. The molecule has 0 unspecified atom stereocenters. The molecule has 0 saturated heterocycles. The van der Waals surface area contributed by atoms with Crippen LogP contribution >= 0.6 is 11.3 Å². The van der Waals surface area contributed by atoms with Crippen LogP contribution in [-0.2, 0) is 0 Å². The van der Waals surface area contributed by atoms with Crippen molar-refractivity contribution >= 4 is 28.1 Å². The van der Waals surface area contributed by atoms with Gasteiger partial charge < -0.3 is 10.2 Å². The van der Waals surface area contributed by atoms with Crippen molar-refractivity contribution in [1.82, 2.24) is 9.88 Å². The molecule has 1 aromatic carbocycles. The van der Waals surface area contributed by atoms with Gasteiger partial charge >= 0.3 is 0 Å². The van der Waals surface area contributed by atoms with E-state index in [0.29, 0.717) is 4.88 Å². The number of aryl methyl sites for hydroxylation is 4. The van der Waals surface area contributed by atoms with E-state index in [4.69, 9.17) is 0 Å². The number of anilines is 2. The van der Waals surface area contributed by atoms with E-state index >= 15 is 0 Å². The van der Waals surface area contributed by atoms with E-state index in [1.807, 2.05) is 6.92 Å². The van der Waals surface area contributed by atoms with Crippen LogP contribution in [0.1, 0.15) is 32.1 Å². The second-order valence-electron chi connectivity index (χ2n) is 5.53. The van der Waals surface area contributed by atoms with E-state index in [1.165, 1.54) is 28.0 Å². The number of rotatable bonds is 3. The number of thiazole rings is 1. The fourth-order valence-electron chi connectivity index (χ4n) is 2.34. The summed E-state index contributed by atoms with van der Waals surface area (Å²) in [6, 6.07) is 4.28. The van der Waals surface area contributed by atoms with Gasteiger partial charge in [0.2, 0.25) is 0 Å². The summed E-state index contributed by atoms with van der Waals surface area (Å²) in [4.78, 5) is 18.8. The zero-order chi connectivity index (χ0) is 15.7. The van der Waals surface area contributed by atoms with Gasteiger partial charge in [-0.3, -0.25) is 4.79 Å². The molecule has 112 valence electrons. The summed E-state index contributed by atoms with van der Waals surface area (Å²) in [6.45, 7) is 8.11. The van der Waals surface area contributed by atoms with Crippen molar-refractivity contribution in [3.63, 3.8) is 0 Å². The molecule has 5 heteroatoms. The molecular weight excluding hydrogens is 282 g/mol. The minimum Gasteiger partial charge on any atom is -0.344 e. The second-order valence-corrected chi connectivity index (χ2v) is 6.53. The fraction of sp³-hybridized carbons (Fsp3) is 0.375. The lowest BCUT2D eigenvalue weighted by Gasteiger charge is -2.11. The molecule has 0 aliphatic rings. The number of nitrogens with zero attached hydrogens (tertiary/aromatic N) is 2. The zero-order valence-corrected chi connectivity index (χ0v) is 14.2. The van der Waals surface area contributed by atoms with Gasteiger partial charge in [0, 0.05) is 19.8 Å². The molecule has 1 heterocycles. The molecule has 0 aliphatic carbocycles. The number of hydrogen-bond donors (Lipinski definition) is 1. The van der Waals surface area contributed by atoms with Crippen molar-refractivity contribution in [1.29, 1.82) is 0 Å². The van der Waals surface area contributed by atoms with Gasteiger partial charge in [-0.15, -0.1) is 0 Å². The van der Waals surface area contributed by atoms with Gasteiger partial charge in [0.15, 0.2) is 5.13 Å². The lowest BCUT2D eigenvalue weighted by atomic mass is 10.1. The second kappa shape index (κ2) is 5.85. The lowest BCUT2D eigenvalue weighted by molar-refractivity contribution is 0.0831. The summed E-state index contributed by atoms with van der Waals surface area (Å²) in [6.07, 6.45) is 0. The summed E-state index contributed by atoms with van der Waals surface area (Å²) < 4.78 is 0. The highest BCUT2D eigenvalue weighted by Gasteiger charge is 2.17. The molecule has 0 atom stereocenters. The highest BCUT2D eigenvalue weighted by Crippen LogP contribution is 2.30. The Morgan fingerprint density at radius 2 is 1.71 bits per heavy atom. The molecule has 2 rings (SSSR count).